The zero-order valence-corrected chi connectivity index (χ0v) is 15.2. The van der Waals surface area contributed by atoms with Crippen molar-refractivity contribution in [2.75, 3.05) is 5.75 Å². The maximum atomic E-state index is 13.1. The number of alkyl halides is 3. The number of aromatic nitrogens is 2. The van der Waals surface area contributed by atoms with Crippen LogP contribution in [0.5, 0.6) is 0 Å². The van der Waals surface area contributed by atoms with Gasteiger partial charge in [0.05, 0.1) is 16.6 Å². The predicted octanol–water partition coefficient (Wildman–Crippen LogP) is 3.96. The summed E-state index contributed by atoms with van der Waals surface area (Å²) < 4.78 is 39.4. The molecule has 0 aliphatic rings. The Morgan fingerprint density at radius 2 is 1.81 bits per heavy atom. The molecule has 0 amide bonds. The van der Waals surface area contributed by atoms with E-state index in [1.54, 1.807) is 36.4 Å². The monoisotopic (exact) mass is 394 g/mol. The molecular formula is C19H17F3N2O2S. The van der Waals surface area contributed by atoms with Crippen molar-refractivity contribution in [1.29, 1.82) is 0 Å². The van der Waals surface area contributed by atoms with Gasteiger partial charge in [-0.3, -0.25) is 9.36 Å². The predicted molar refractivity (Wildman–Crippen MR) is 99.5 cm³/mol. The van der Waals surface area contributed by atoms with Gasteiger partial charge in [-0.25, -0.2) is 4.98 Å². The summed E-state index contributed by atoms with van der Waals surface area (Å²) in [6.07, 6.45) is -6.58. The first-order valence-electron chi connectivity index (χ1n) is 8.30. The third kappa shape index (κ3) is 4.01. The van der Waals surface area contributed by atoms with Crippen LogP contribution < -0.4 is 5.56 Å². The van der Waals surface area contributed by atoms with Crippen LogP contribution in [0.4, 0.5) is 13.2 Å². The number of thioether (sulfide) groups is 1. The Morgan fingerprint density at radius 3 is 2.52 bits per heavy atom. The van der Waals surface area contributed by atoms with E-state index >= 15 is 0 Å². The van der Waals surface area contributed by atoms with Gasteiger partial charge in [0.25, 0.3) is 5.56 Å². The zero-order chi connectivity index (χ0) is 19.6. The quantitative estimate of drug-likeness (QED) is 0.526. The van der Waals surface area contributed by atoms with Crippen LogP contribution in [0.1, 0.15) is 12.5 Å². The first-order valence-corrected chi connectivity index (χ1v) is 9.29. The molecule has 2 aromatic carbocycles. The van der Waals surface area contributed by atoms with E-state index in [0.29, 0.717) is 34.8 Å². The Balaban J connectivity index is 2.17. The maximum absolute atomic E-state index is 13.1. The van der Waals surface area contributed by atoms with Crippen molar-refractivity contribution in [3.63, 3.8) is 0 Å². The molecule has 3 aromatic rings. The molecule has 3 rings (SSSR count). The largest absolute Gasteiger partial charge is 0.415 e. The summed E-state index contributed by atoms with van der Waals surface area (Å²) in [5, 5.41) is 9.82. The fraction of sp³-hybridized carbons (Fsp3) is 0.263. The van der Waals surface area contributed by atoms with E-state index in [-0.39, 0.29) is 10.7 Å². The van der Waals surface area contributed by atoms with Gasteiger partial charge in [-0.2, -0.15) is 13.2 Å². The second-order valence-corrected chi connectivity index (χ2v) is 6.89. The molecule has 1 atom stereocenters. The van der Waals surface area contributed by atoms with Crippen LogP contribution in [0.3, 0.4) is 0 Å². The molecule has 0 aliphatic heterocycles. The molecule has 0 bridgehead atoms. The lowest BCUT2D eigenvalue weighted by molar-refractivity contribution is -0.195. The third-order valence-electron chi connectivity index (χ3n) is 4.11. The van der Waals surface area contributed by atoms with E-state index in [4.69, 9.17) is 0 Å². The van der Waals surface area contributed by atoms with Gasteiger partial charge in [0.1, 0.15) is 0 Å². The van der Waals surface area contributed by atoms with E-state index in [2.05, 4.69) is 4.98 Å². The van der Waals surface area contributed by atoms with Crippen molar-refractivity contribution in [2.45, 2.75) is 30.8 Å². The van der Waals surface area contributed by atoms with E-state index in [9.17, 15) is 23.1 Å². The summed E-state index contributed by atoms with van der Waals surface area (Å²) in [7, 11) is 0. The fourth-order valence-corrected chi connectivity index (χ4v) is 3.67. The zero-order valence-electron chi connectivity index (χ0n) is 14.4. The highest BCUT2D eigenvalue weighted by atomic mass is 32.2. The summed E-state index contributed by atoms with van der Waals surface area (Å²) in [4.78, 5) is 17.5. The Labute approximate surface area is 157 Å². The van der Waals surface area contributed by atoms with Crippen LogP contribution in [-0.4, -0.2) is 32.7 Å². The van der Waals surface area contributed by atoms with E-state index in [1.807, 2.05) is 19.1 Å². The lowest BCUT2D eigenvalue weighted by Gasteiger charge is -2.18. The number of rotatable bonds is 5. The summed E-state index contributed by atoms with van der Waals surface area (Å²) in [5.74, 6) is -0.650. The van der Waals surface area contributed by atoms with Crippen molar-refractivity contribution in [2.24, 2.45) is 0 Å². The highest BCUT2D eigenvalue weighted by Gasteiger charge is 2.38. The van der Waals surface area contributed by atoms with Crippen LogP contribution in [0.15, 0.2) is 58.5 Å². The Morgan fingerprint density at radius 1 is 1.15 bits per heavy atom. The number of hydrogen-bond acceptors (Lipinski definition) is 4. The normalized spacial score (nSPS) is 13.1. The van der Waals surface area contributed by atoms with Gasteiger partial charge in [-0.1, -0.05) is 49.0 Å². The minimum absolute atomic E-state index is 0.114. The van der Waals surface area contributed by atoms with Gasteiger partial charge in [-0.05, 0) is 30.2 Å². The van der Waals surface area contributed by atoms with Crippen molar-refractivity contribution >= 4 is 22.7 Å². The summed E-state index contributed by atoms with van der Waals surface area (Å²) in [6.45, 7) is 1.93. The average Bonchev–Trinajstić information content (AvgIpc) is 2.65. The molecule has 4 nitrogen and oxygen atoms in total. The average molecular weight is 394 g/mol. The van der Waals surface area contributed by atoms with E-state index in [1.165, 1.54) is 4.57 Å². The number of para-hydroxylation sites is 2. The molecule has 142 valence electrons. The number of hydrogen-bond donors (Lipinski definition) is 1. The minimum atomic E-state index is -4.73. The fourth-order valence-electron chi connectivity index (χ4n) is 2.70. The van der Waals surface area contributed by atoms with Crippen LogP contribution in [0, 0.1) is 0 Å². The summed E-state index contributed by atoms with van der Waals surface area (Å²) >= 11 is 0.707. The van der Waals surface area contributed by atoms with Crippen LogP contribution in [0.2, 0.25) is 0 Å². The van der Waals surface area contributed by atoms with E-state index in [0.717, 1.165) is 5.56 Å². The highest BCUT2D eigenvalue weighted by Crippen LogP contribution is 2.28. The first kappa shape index (κ1) is 19.4. The number of aryl methyl sites for hydroxylation is 1. The van der Waals surface area contributed by atoms with Gasteiger partial charge in [0, 0.05) is 5.75 Å². The standard InChI is InChI=1S/C19H17F3N2O2S/c1-2-12-7-3-6-10-15(12)24-17(26)13-8-4-5-9-14(13)23-18(24)27-11-16(25)19(20,21)22/h3-10,16,25H,2,11H2,1H3/t16-/m1/s1. The van der Waals surface area contributed by atoms with E-state index < -0.39 is 18.0 Å². The summed E-state index contributed by atoms with van der Waals surface area (Å²) in [6, 6.07) is 13.9. The maximum Gasteiger partial charge on any atom is 0.415 e. The van der Waals surface area contributed by atoms with Crippen molar-refractivity contribution in [3.05, 3.63) is 64.4 Å². The number of nitrogens with zero attached hydrogens (tertiary/aromatic N) is 2. The number of fused-ring (bicyclic) bond motifs is 1. The van der Waals surface area contributed by atoms with Gasteiger partial charge in [0.15, 0.2) is 11.3 Å². The van der Waals surface area contributed by atoms with Gasteiger partial charge in [0.2, 0.25) is 0 Å². The molecule has 0 fully saturated rings. The molecule has 27 heavy (non-hydrogen) atoms. The van der Waals surface area contributed by atoms with Crippen molar-refractivity contribution < 1.29 is 18.3 Å². The van der Waals surface area contributed by atoms with Gasteiger partial charge < -0.3 is 5.11 Å². The van der Waals surface area contributed by atoms with Crippen LogP contribution >= 0.6 is 11.8 Å². The Bertz CT molecular complexity index is 1020. The molecule has 0 aliphatic carbocycles. The van der Waals surface area contributed by atoms with Gasteiger partial charge >= 0.3 is 6.18 Å². The Kier molecular flexibility index (Phi) is 5.57. The molecule has 0 radical (unpaired) electrons. The minimum Gasteiger partial charge on any atom is -0.383 e. The number of aliphatic hydroxyl groups is 1. The molecule has 1 aromatic heterocycles. The molecule has 8 heteroatoms. The van der Waals surface area contributed by atoms with Crippen molar-refractivity contribution in [1.82, 2.24) is 9.55 Å². The molecule has 1 heterocycles. The second-order valence-electron chi connectivity index (χ2n) is 5.90. The molecule has 0 saturated carbocycles. The lowest BCUT2D eigenvalue weighted by Crippen LogP contribution is -2.31. The molecule has 0 spiro atoms. The molecule has 0 saturated heterocycles. The number of aliphatic hydroxyl groups excluding tert-OH is 1. The Hall–Kier alpha value is -2.32. The van der Waals surface area contributed by atoms with Crippen LogP contribution in [0.25, 0.3) is 16.6 Å². The van der Waals surface area contributed by atoms with Crippen LogP contribution in [-0.2, 0) is 6.42 Å². The number of halogens is 3. The SMILES string of the molecule is CCc1ccccc1-n1c(SC[C@@H](O)C(F)(F)F)nc2ccccc2c1=O. The molecule has 0 unspecified atom stereocenters. The molecule has 1 N–H and O–H groups in total. The molecular weight excluding hydrogens is 377 g/mol. The smallest absolute Gasteiger partial charge is 0.383 e. The van der Waals surface area contributed by atoms with Gasteiger partial charge in [-0.15, -0.1) is 0 Å². The topological polar surface area (TPSA) is 55.1 Å². The second kappa shape index (κ2) is 7.74. The number of benzene rings is 2. The lowest BCUT2D eigenvalue weighted by atomic mass is 10.1. The first-order chi connectivity index (χ1) is 12.8. The highest BCUT2D eigenvalue weighted by molar-refractivity contribution is 7.99. The third-order valence-corrected chi connectivity index (χ3v) is 5.12. The van der Waals surface area contributed by atoms with Crippen molar-refractivity contribution in [3.8, 4) is 5.69 Å². The summed E-state index contributed by atoms with van der Waals surface area (Å²) in [5.41, 5.74) is 1.49.